The Morgan fingerprint density at radius 2 is 1.82 bits per heavy atom. The lowest BCUT2D eigenvalue weighted by atomic mass is 10.2. The van der Waals surface area contributed by atoms with Crippen LogP contribution in [0, 0.1) is 0 Å². The van der Waals surface area contributed by atoms with E-state index >= 15 is 0 Å². The zero-order chi connectivity index (χ0) is 20.3. The van der Waals surface area contributed by atoms with Crippen LogP contribution < -0.4 is 4.74 Å². The zero-order valence-electron chi connectivity index (χ0n) is 16.3. The average molecular weight is 378 g/mol. The average Bonchev–Trinajstić information content (AvgIpc) is 3.04. The molecule has 2 aromatic carbocycles. The molecule has 0 radical (unpaired) electrons. The first-order chi connectivity index (χ1) is 13.3. The van der Waals surface area contributed by atoms with Gasteiger partial charge in [-0.2, -0.15) is 0 Å². The van der Waals surface area contributed by atoms with Gasteiger partial charge in [0, 0.05) is 0 Å². The molecule has 0 atom stereocenters. The molecule has 0 aliphatic rings. The number of carbonyl (C=O) groups is 2. The van der Waals surface area contributed by atoms with E-state index in [1.165, 1.54) is 10.6 Å². The van der Waals surface area contributed by atoms with Crippen LogP contribution in [0.4, 0.5) is 4.79 Å². The minimum atomic E-state index is -0.695. The molecule has 6 heteroatoms. The first-order valence-electron chi connectivity index (χ1n) is 8.86. The number of ketones is 1. The topological polar surface area (TPSA) is 70.4 Å². The molecule has 1 aromatic heterocycles. The third-order valence-corrected chi connectivity index (χ3v) is 3.88. The molecule has 0 N–H and O–H groups in total. The third kappa shape index (κ3) is 4.28. The molecule has 0 saturated carbocycles. The van der Waals surface area contributed by atoms with Gasteiger partial charge in [-0.25, -0.2) is 14.3 Å². The van der Waals surface area contributed by atoms with E-state index in [1.54, 1.807) is 64.3 Å². The summed E-state index contributed by atoms with van der Waals surface area (Å²) in [6.45, 7) is 5.32. The molecule has 0 aliphatic heterocycles. The van der Waals surface area contributed by atoms with E-state index in [0.717, 1.165) is 5.56 Å². The molecular weight excluding hydrogens is 356 g/mol. The number of nitrogens with zero attached hydrogens (tertiary/aromatic N) is 2. The van der Waals surface area contributed by atoms with Gasteiger partial charge >= 0.3 is 6.09 Å². The van der Waals surface area contributed by atoms with Crippen LogP contribution >= 0.6 is 0 Å². The first kappa shape index (κ1) is 19.4. The van der Waals surface area contributed by atoms with E-state index in [1.807, 2.05) is 18.2 Å². The minimum absolute atomic E-state index is 0.00889. The van der Waals surface area contributed by atoms with Crippen LogP contribution in [-0.2, 0) is 4.74 Å². The summed E-state index contributed by atoms with van der Waals surface area (Å²) in [7, 11) is 1.58. The van der Waals surface area contributed by atoms with Crippen LogP contribution in [-0.4, -0.2) is 34.1 Å². The normalized spacial score (nSPS) is 11.7. The van der Waals surface area contributed by atoms with Gasteiger partial charge in [-0.3, -0.25) is 4.79 Å². The number of benzene rings is 2. The number of hydrogen-bond donors (Lipinski definition) is 0. The summed E-state index contributed by atoms with van der Waals surface area (Å²) in [5, 5.41) is 0. The molecule has 0 amide bonds. The van der Waals surface area contributed by atoms with Crippen LogP contribution in [0.2, 0.25) is 0 Å². The van der Waals surface area contributed by atoms with E-state index in [0.29, 0.717) is 16.8 Å². The molecule has 0 bridgehead atoms. The van der Waals surface area contributed by atoms with E-state index in [4.69, 9.17) is 9.47 Å². The molecule has 0 unspecified atom stereocenters. The van der Waals surface area contributed by atoms with Crippen LogP contribution in [0.1, 0.15) is 37.0 Å². The Morgan fingerprint density at radius 1 is 1.07 bits per heavy atom. The maximum atomic E-state index is 12.8. The number of methoxy groups -OCH3 is 1. The summed E-state index contributed by atoms with van der Waals surface area (Å²) in [5.74, 6) is 0.301. The SMILES string of the molecule is COc1cccc(/C=C/C(=O)c2nc3ccccc3n2C(=O)OC(C)(C)C)c1. The standard InChI is InChI=1S/C22H22N2O4/c1-22(2,3)28-21(26)24-18-11-6-5-10-17(18)23-20(24)19(25)13-12-15-8-7-9-16(14-15)27-4/h5-14H,1-4H3/b13-12+. The number of ether oxygens (including phenoxy) is 2. The van der Waals surface area contributed by atoms with Crippen LogP contribution in [0.15, 0.2) is 54.6 Å². The van der Waals surface area contributed by atoms with Crippen molar-refractivity contribution in [2.24, 2.45) is 0 Å². The third-order valence-electron chi connectivity index (χ3n) is 3.88. The molecule has 144 valence electrons. The highest BCUT2D eigenvalue weighted by Crippen LogP contribution is 2.20. The Bertz CT molecular complexity index is 1060. The highest BCUT2D eigenvalue weighted by Gasteiger charge is 2.25. The smallest absolute Gasteiger partial charge is 0.420 e. The lowest BCUT2D eigenvalue weighted by Gasteiger charge is -2.20. The molecule has 1 heterocycles. The van der Waals surface area contributed by atoms with Gasteiger partial charge in [0.2, 0.25) is 5.78 Å². The summed E-state index contributed by atoms with van der Waals surface area (Å²) in [6.07, 6.45) is 2.40. The van der Waals surface area contributed by atoms with Gasteiger partial charge in [0.25, 0.3) is 0 Å². The summed E-state index contributed by atoms with van der Waals surface area (Å²) in [5.41, 5.74) is 1.17. The van der Waals surface area contributed by atoms with E-state index in [9.17, 15) is 9.59 Å². The second-order valence-electron chi connectivity index (χ2n) is 7.21. The van der Waals surface area contributed by atoms with Crippen molar-refractivity contribution in [1.29, 1.82) is 0 Å². The Morgan fingerprint density at radius 3 is 2.54 bits per heavy atom. The van der Waals surface area contributed by atoms with Crippen LogP contribution in [0.25, 0.3) is 17.1 Å². The molecule has 0 spiro atoms. The predicted octanol–water partition coefficient (Wildman–Crippen LogP) is 4.72. The number of rotatable bonds is 4. The highest BCUT2D eigenvalue weighted by atomic mass is 16.6. The minimum Gasteiger partial charge on any atom is -0.497 e. The molecule has 3 rings (SSSR count). The molecule has 3 aromatic rings. The second kappa shape index (κ2) is 7.68. The fourth-order valence-corrected chi connectivity index (χ4v) is 2.68. The fraction of sp³-hybridized carbons (Fsp3) is 0.227. The van der Waals surface area contributed by atoms with Crippen LogP contribution in [0.3, 0.4) is 0 Å². The molecule has 0 fully saturated rings. The summed E-state index contributed by atoms with van der Waals surface area (Å²) >= 11 is 0. The van der Waals surface area contributed by atoms with Crippen molar-refractivity contribution in [2.45, 2.75) is 26.4 Å². The van der Waals surface area contributed by atoms with Crippen molar-refractivity contribution >= 4 is 29.0 Å². The number of para-hydroxylation sites is 2. The van der Waals surface area contributed by atoms with Crippen molar-refractivity contribution < 1.29 is 19.1 Å². The lowest BCUT2D eigenvalue weighted by molar-refractivity contribution is 0.0535. The largest absolute Gasteiger partial charge is 0.497 e. The molecule has 0 aliphatic carbocycles. The predicted molar refractivity (Wildman–Crippen MR) is 108 cm³/mol. The first-order valence-corrected chi connectivity index (χ1v) is 8.86. The number of imidazole rings is 1. The van der Waals surface area contributed by atoms with Gasteiger partial charge in [-0.1, -0.05) is 30.3 Å². The van der Waals surface area contributed by atoms with Crippen molar-refractivity contribution in [2.75, 3.05) is 7.11 Å². The van der Waals surface area contributed by atoms with Gasteiger partial charge in [-0.15, -0.1) is 0 Å². The summed E-state index contributed by atoms with van der Waals surface area (Å²) in [6, 6.07) is 14.4. The Kier molecular flexibility index (Phi) is 5.31. The van der Waals surface area contributed by atoms with Crippen molar-refractivity contribution in [3.63, 3.8) is 0 Å². The molecule has 28 heavy (non-hydrogen) atoms. The van der Waals surface area contributed by atoms with Gasteiger partial charge in [-0.05, 0) is 56.7 Å². The summed E-state index contributed by atoms with van der Waals surface area (Å²) in [4.78, 5) is 29.9. The molecular formula is C22H22N2O4. The quantitative estimate of drug-likeness (QED) is 0.485. The van der Waals surface area contributed by atoms with Gasteiger partial charge in [0.1, 0.15) is 11.4 Å². The number of hydrogen-bond acceptors (Lipinski definition) is 5. The van der Waals surface area contributed by atoms with Crippen molar-refractivity contribution in [1.82, 2.24) is 9.55 Å². The van der Waals surface area contributed by atoms with Crippen molar-refractivity contribution in [3.8, 4) is 5.75 Å². The zero-order valence-corrected chi connectivity index (χ0v) is 16.3. The highest BCUT2D eigenvalue weighted by molar-refractivity contribution is 6.08. The Hall–Kier alpha value is -3.41. The van der Waals surface area contributed by atoms with E-state index in [2.05, 4.69) is 4.98 Å². The summed E-state index contributed by atoms with van der Waals surface area (Å²) < 4.78 is 11.9. The number of aromatic nitrogens is 2. The van der Waals surface area contributed by atoms with E-state index in [-0.39, 0.29) is 5.82 Å². The van der Waals surface area contributed by atoms with Gasteiger partial charge in [0.05, 0.1) is 18.1 Å². The second-order valence-corrected chi connectivity index (χ2v) is 7.21. The van der Waals surface area contributed by atoms with E-state index < -0.39 is 17.5 Å². The number of allylic oxidation sites excluding steroid dienone is 1. The monoisotopic (exact) mass is 378 g/mol. The fourth-order valence-electron chi connectivity index (χ4n) is 2.68. The lowest BCUT2D eigenvalue weighted by Crippen LogP contribution is -2.28. The van der Waals surface area contributed by atoms with Gasteiger partial charge in [0.15, 0.2) is 5.82 Å². The van der Waals surface area contributed by atoms with Crippen molar-refractivity contribution in [3.05, 3.63) is 66.0 Å². The molecule has 6 nitrogen and oxygen atoms in total. The Labute approximate surface area is 163 Å². The maximum Gasteiger partial charge on any atom is 0.420 e. The van der Waals surface area contributed by atoms with Gasteiger partial charge < -0.3 is 9.47 Å². The van der Waals surface area contributed by atoms with Crippen LogP contribution in [0.5, 0.6) is 5.75 Å². The molecule has 0 saturated heterocycles. The number of fused-ring (bicyclic) bond motifs is 1. The Balaban J connectivity index is 1.99. The maximum absolute atomic E-state index is 12.8. The number of carbonyl (C=O) groups excluding carboxylic acids is 2.